The first-order valence-corrected chi connectivity index (χ1v) is 10.9. The van der Waals surface area contributed by atoms with Gasteiger partial charge in [0, 0.05) is 43.6 Å². The standard InChI is InChI=1S/C17H24N4O3S2/c1-4-24-14-5-7-15(8-6-14)26(22,23)21-11-9-20(10-12-21)17-18-16(13(2)3)19-25-17/h5-8,13H,4,9-12H2,1-3H3. The van der Waals surface area contributed by atoms with E-state index in [1.807, 2.05) is 6.92 Å². The summed E-state index contributed by atoms with van der Waals surface area (Å²) in [6.07, 6.45) is 0. The third-order valence-electron chi connectivity index (χ3n) is 4.23. The smallest absolute Gasteiger partial charge is 0.243 e. The fourth-order valence-corrected chi connectivity index (χ4v) is 5.01. The van der Waals surface area contributed by atoms with Crippen molar-refractivity contribution in [2.24, 2.45) is 0 Å². The quantitative estimate of drug-likeness (QED) is 0.747. The van der Waals surface area contributed by atoms with Gasteiger partial charge in [-0.25, -0.2) is 13.4 Å². The molecule has 0 aliphatic carbocycles. The van der Waals surface area contributed by atoms with E-state index in [2.05, 4.69) is 28.1 Å². The van der Waals surface area contributed by atoms with Gasteiger partial charge < -0.3 is 9.64 Å². The van der Waals surface area contributed by atoms with Crippen LogP contribution in [-0.4, -0.2) is 54.9 Å². The molecule has 1 aromatic carbocycles. The molecular weight excluding hydrogens is 372 g/mol. The van der Waals surface area contributed by atoms with Gasteiger partial charge in [0.2, 0.25) is 15.2 Å². The lowest BCUT2D eigenvalue weighted by molar-refractivity contribution is 0.340. The van der Waals surface area contributed by atoms with Crippen molar-refractivity contribution in [3.8, 4) is 5.75 Å². The number of nitrogens with zero attached hydrogens (tertiary/aromatic N) is 4. The molecule has 26 heavy (non-hydrogen) atoms. The van der Waals surface area contributed by atoms with Crippen LogP contribution in [0, 0.1) is 0 Å². The van der Waals surface area contributed by atoms with Crippen molar-refractivity contribution in [2.75, 3.05) is 37.7 Å². The molecule has 1 aliphatic heterocycles. The van der Waals surface area contributed by atoms with Gasteiger partial charge in [-0.15, -0.1) is 0 Å². The number of rotatable bonds is 6. The van der Waals surface area contributed by atoms with Crippen molar-refractivity contribution in [1.29, 1.82) is 0 Å². The molecule has 9 heteroatoms. The van der Waals surface area contributed by atoms with Crippen LogP contribution in [0.3, 0.4) is 0 Å². The molecule has 2 heterocycles. The lowest BCUT2D eigenvalue weighted by Crippen LogP contribution is -2.48. The lowest BCUT2D eigenvalue weighted by atomic mass is 10.2. The predicted octanol–water partition coefficient (Wildman–Crippen LogP) is 2.57. The first-order valence-electron chi connectivity index (χ1n) is 8.73. The monoisotopic (exact) mass is 396 g/mol. The van der Waals surface area contributed by atoms with Gasteiger partial charge in [-0.1, -0.05) is 13.8 Å². The summed E-state index contributed by atoms with van der Waals surface area (Å²) in [4.78, 5) is 6.96. The van der Waals surface area contributed by atoms with Crippen LogP contribution < -0.4 is 9.64 Å². The summed E-state index contributed by atoms with van der Waals surface area (Å²) < 4.78 is 36.9. The molecule has 2 aromatic rings. The van der Waals surface area contributed by atoms with Gasteiger partial charge in [-0.05, 0) is 31.2 Å². The minimum atomic E-state index is -3.49. The maximum Gasteiger partial charge on any atom is 0.243 e. The van der Waals surface area contributed by atoms with Crippen LogP contribution in [0.1, 0.15) is 32.5 Å². The second-order valence-electron chi connectivity index (χ2n) is 6.39. The van der Waals surface area contributed by atoms with Gasteiger partial charge in [-0.2, -0.15) is 8.68 Å². The molecule has 0 spiro atoms. The van der Waals surface area contributed by atoms with Crippen LogP contribution >= 0.6 is 11.5 Å². The average Bonchev–Trinajstić information content (AvgIpc) is 3.13. The fraction of sp³-hybridized carbons (Fsp3) is 0.529. The first-order chi connectivity index (χ1) is 12.4. The SMILES string of the molecule is CCOc1ccc(S(=O)(=O)N2CCN(c3nc(C(C)C)ns3)CC2)cc1. The summed E-state index contributed by atoms with van der Waals surface area (Å²) in [7, 11) is -3.49. The van der Waals surface area contributed by atoms with Crippen LogP contribution in [-0.2, 0) is 10.0 Å². The number of piperazine rings is 1. The Morgan fingerprint density at radius 3 is 2.35 bits per heavy atom. The topological polar surface area (TPSA) is 75.6 Å². The van der Waals surface area contributed by atoms with Gasteiger partial charge in [0.15, 0.2) is 0 Å². The van der Waals surface area contributed by atoms with Crippen molar-refractivity contribution in [2.45, 2.75) is 31.6 Å². The summed E-state index contributed by atoms with van der Waals surface area (Å²) in [6, 6.07) is 6.60. The van der Waals surface area contributed by atoms with Gasteiger partial charge in [-0.3, -0.25) is 0 Å². The minimum Gasteiger partial charge on any atom is -0.494 e. The van der Waals surface area contributed by atoms with E-state index in [4.69, 9.17) is 4.74 Å². The Bertz CT molecular complexity index is 826. The second-order valence-corrected chi connectivity index (χ2v) is 9.05. The molecule has 0 atom stereocenters. The highest BCUT2D eigenvalue weighted by Gasteiger charge is 2.29. The fourth-order valence-electron chi connectivity index (χ4n) is 2.73. The number of anilines is 1. The Kier molecular flexibility index (Phi) is 5.79. The van der Waals surface area contributed by atoms with E-state index < -0.39 is 10.0 Å². The zero-order valence-electron chi connectivity index (χ0n) is 15.3. The second kappa shape index (κ2) is 7.89. The number of sulfonamides is 1. The van der Waals surface area contributed by atoms with E-state index in [1.165, 1.54) is 15.8 Å². The van der Waals surface area contributed by atoms with Crippen LogP contribution in [0.4, 0.5) is 5.13 Å². The van der Waals surface area contributed by atoms with Crippen LogP contribution in [0.25, 0.3) is 0 Å². The molecule has 1 aromatic heterocycles. The summed E-state index contributed by atoms with van der Waals surface area (Å²) in [5.41, 5.74) is 0. The largest absolute Gasteiger partial charge is 0.494 e. The molecule has 0 bridgehead atoms. The maximum absolute atomic E-state index is 12.8. The van der Waals surface area contributed by atoms with Gasteiger partial charge in [0.25, 0.3) is 0 Å². The highest BCUT2D eigenvalue weighted by Crippen LogP contribution is 2.25. The van der Waals surface area contributed by atoms with E-state index in [0.717, 1.165) is 11.0 Å². The number of hydrogen-bond donors (Lipinski definition) is 0. The Hall–Kier alpha value is -1.71. The molecule has 0 radical (unpaired) electrons. The normalized spacial score (nSPS) is 16.2. The zero-order valence-corrected chi connectivity index (χ0v) is 16.9. The number of benzene rings is 1. The summed E-state index contributed by atoms with van der Waals surface area (Å²) in [6.45, 7) is 8.68. The highest BCUT2D eigenvalue weighted by molar-refractivity contribution is 7.89. The minimum absolute atomic E-state index is 0.293. The summed E-state index contributed by atoms with van der Waals surface area (Å²) >= 11 is 1.38. The third kappa shape index (κ3) is 3.99. The Balaban J connectivity index is 1.66. The van der Waals surface area contributed by atoms with Crippen LogP contribution in [0.5, 0.6) is 5.75 Å². The molecular formula is C17H24N4O3S2. The number of hydrogen-bond acceptors (Lipinski definition) is 7. The summed E-state index contributed by atoms with van der Waals surface area (Å²) in [5, 5.41) is 0.867. The Morgan fingerprint density at radius 2 is 1.81 bits per heavy atom. The van der Waals surface area contributed by atoms with Crippen LogP contribution in [0.2, 0.25) is 0 Å². The van der Waals surface area contributed by atoms with Crippen molar-refractivity contribution in [3.63, 3.8) is 0 Å². The predicted molar refractivity (Wildman–Crippen MR) is 103 cm³/mol. The molecule has 1 fully saturated rings. The Morgan fingerprint density at radius 1 is 1.15 bits per heavy atom. The average molecular weight is 397 g/mol. The highest BCUT2D eigenvalue weighted by atomic mass is 32.2. The number of aromatic nitrogens is 2. The molecule has 0 unspecified atom stereocenters. The molecule has 0 N–H and O–H groups in total. The zero-order chi connectivity index (χ0) is 18.7. The van der Waals surface area contributed by atoms with Gasteiger partial charge >= 0.3 is 0 Å². The van der Waals surface area contributed by atoms with Gasteiger partial charge in [0.05, 0.1) is 11.5 Å². The Labute approximate surface area is 158 Å². The van der Waals surface area contributed by atoms with Crippen molar-refractivity contribution < 1.29 is 13.2 Å². The van der Waals surface area contributed by atoms with E-state index in [1.54, 1.807) is 24.3 Å². The van der Waals surface area contributed by atoms with E-state index in [9.17, 15) is 8.42 Å². The first kappa shape index (κ1) is 19.1. The molecule has 142 valence electrons. The van der Waals surface area contributed by atoms with Crippen LogP contribution in [0.15, 0.2) is 29.2 Å². The number of ether oxygens (including phenoxy) is 1. The van der Waals surface area contributed by atoms with E-state index in [0.29, 0.717) is 49.3 Å². The molecule has 0 amide bonds. The third-order valence-corrected chi connectivity index (χ3v) is 6.93. The van der Waals surface area contributed by atoms with Crippen molar-refractivity contribution in [3.05, 3.63) is 30.1 Å². The molecule has 1 aliphatic rings. The maximum atomic E-state index is 12.8. The van der Waals surface area contributed by atoms with E-state index in [-0.39, 0.29) is 0 Å². The molecule has 1 saturated heterocycles. The molecule has 0 saturated carbocycles. The van der Waals surface area contributed by atoms with Crippen molar-refractivity contribution in [1.82, 2.24) is 13.7 Å². The molecule has 3 rings (SSSR count). The summed E-state index contributed by atoms with van der Waals surface area (Å²) in [5.74, 6) is 1.81. The van der Waals surface area contributed by atoms with E-state index >= 15 is 0 Å². The van der Waals surface area contributed by atoms with Crippen molar-refractivity contribution >= 4 is 26.7 Å². The molecule has 7 nitrogen and oxygen atoms in total. The van der Waals surface area contributed by atoms with Gasteiger partial charge in [0.1, 0.15) is 11.6 Å². The lowest BCUT2D eigenvalue weighted by Gasteiger charge is -2.33.